The van der Waals surface area contributed by atoms with Crippen molar-refractivity contribution in [1.29, 1.82) is 0 Å². The molecule has 226 valence electrons. The number of carbonyl (C=O) groups is 3. The van der Waals surface area contributed by atoms with Gasteiger partial charge >= 0.3 is 17.9 Å². The van der Waals surface area contributed by atoms with E-state index in [2.05, 4.69) is 46.6 Å². The van der Waals surface area contributed by atoms with E-state index in [1.165, 1.54) is 30.4 Å². The van der Waals surface area contributed by atoms with E-state index in [4.69, 9.17) is 14.2 Å². The van der Waals surface area contributed by atoms with Gasteiger partial charge in [-0.25, -0.2) is 14.4 Å². The Bertz CT molecular complexity index is 1440. The van der Waals surface area contributed by atoms with Gasteiger partial charge in [-0.15, -0.1) is 0 Å². The van der Waals surface area contributed by atoms with Crippen LogP contribution in [-0.2, 0) is 41.8 Å². The zero-order chi connectivity index (χ0) is 31.5. The first-order chi connectivity index (χ1) is 20.5. The molecule has 0 N–H and O–H groups in total. The molecule has 2 saturated carbocycles. The van der Waals surface area contributed by atoms with Crippen molar-refractivity contribution >= 4 is 28.7 Å². The molecule has 6 nitrogen and oxygen atoms in total. The summed E-state index contributed by atoms with van der Waals surface area (Å²) < 4.78 is 15.3. The maximum absolute atomic E-state index is 11.3. The fourth-order valence-corrected chi connectivity index (χ4v) is 5.83. The number of esters is 3. The number of fused-ring (bicyclic) bond motifs is 3. The maximum Gasteiger partial charge on any atom is 0.330 e. The standard InChI is InChI=1S/C14H12O2.C13H20O2.C10H10O2/c1-2-14(15)16-10-11-7-8-12-5-3-4-6-13(12)9-11;1-5-11(14)15-10-8-9-6-7-13(10,4)12(9,2)3;1-2-10(11)12-8-9-6-4-3-5-7-9/h2-9H,1,10H2;5,9-10H,1,6-8H2,2-4H3;2-7H,1,8H2. The van der Waals surface area contributed by atoms with Crippen LogP contribution in [0.15, 0.2) is 111 Å². The van der Waals surface area contributed by atoms with Gasteiger partial charge in [0.2, 0.25) is 0 Å². The summed E-state index contributed by atoms with van der Waals surface area (Å²) in [6.45, 7) is 17.6. The fraction of sp³-hybridized carbons (Fsp3) is 0.324. The Morgan fingerprint density at radius 3 is 1.84 bits per heavy atom. The molecule has 3 aromatic rings. The van der Waals surface area contributed by atoms with Crippen LogP contribution in [0.2, 0.25) is 0 Å². The summed E-state index contributed by atoms with van der Waals surface area (Å²) in [4.78, 5) is 32.8. The van der Waals surface area contributed by atoms with Crippen LogP contribution >= 0.6 is 0 Å². The van der Waals surface area contributed by atoms with Crippen LogP contribution in [0.4, 0.5) is 0 Å². The van der Waals surface area contributed by atoms with Crippen molar-refractivity contribution in [2.24, 2.45) is 16.7 Å². The van der Waals surface area contributed by atoms with E-state index in [0.29, 0.717) is 17.9 Å². The minimum absolute atomic E-state index is 0.0942. The van der Waals surface area contributed by atoms with E-state index in [1.807, 2.05) is 66.7 Å². The van der Waals surface area contributed by atoms with Gasteiger partial charge in [-0.3, -0.25) is 0 Å². The zero-order valence-corrected chi connectivity index (χ0v) is 25.4. The SMILES string of the molecule is C=CC(=O)OC1CC2CCC1(C)C2(C)C.C=CC(=O)OCc1ccc2ccccc2c1.C=CC(=O)OCc1ccccc1. The quantitative estimate of drug-likeness (QED) is 0.153. The average Bonchev–Trinajstić information content (AvgIpc) is 3.37. The number of rotatable bonds is 8. The molecular formula is C37H42O6. The smallest absolute Gasteiger partial charge is 0.330 e. The normalized spacial score (nSPS) is 20.7. The highest BCUT2D eigenvalue weighted by molar-refractivity contribution is 5.84. The van der Waals surface area contributed by atoms with Crippen LogP contribution in [-0.4, -0.2) is 24.0 Å². The summed E-state index contributed by atoms with van der Waals surface area (Å²) in [6, 6.07) is 23.6. The number of carbonyl (C=O) groups excluding carboxylic acids is 3. The number of benzene rings is 3. The summed E-state index contributed by atoms with van der Waals surface area (Å²) in [6.07, 6.45) is 7.18. The lowest BCUT2D eigenvalue weighted by atomic mass is 9.70. The van der Waals surface area contributed by atoms with Gasteiger partial charge in [0, 0.05) is 23.6 Å². The molecule has 2 aliphatic rings. The van der Waals surface area contributed by atoms with Crippen LogP contribution in [0.1, 0.15) is 51.2 Å². The van der Waals surface area contributed by atoms with E-state index in [0.717, 1.165) is 29.0 Å². The van der Waals surface area contributed by atoms with Gasteiger partial charge in [-0.05, 0) is 58.6 Å². The Kier molecular flexibility index (Phi) is 11.6. The Morgan fingerprint density at radius 2 is 1.30 bits per heavy atom. The summed E-state index contributed by atoms with van der Waals surface area (Å²) in [5.41, 5.74) is 2.43. The minimum atomic E-state index is -0.395. The monoisotopic (exact) mass is 582 g/mol. The Labute approximate surface area is 255 Å². The molecule has 0 heterocycles. The molecular weight excluding hydrogens is 540 g/mol. The highest BCUT2D eigenvalue weighted by atomic mass is 16.5. The molecule has 43 heavy (non-hydrogen) atoms. The van der Waals surface area contributed by atoms with Crippen molar-refractivity contribution < 1.29 is 28.6 Å². The highest BCUT2D eigenvalue weighted by Crippen LogP contribution is 2.66. The summed E-state index contributed by atoms with van der Waals surface area (Å²) in [5, 5.41) is 2.33. The van der Waals surface area contributed by atoms with Crippen molar-refractivity contribution in [2.45, 2.75) is 59.4 Å². The van der Waals surface area contributed by atoms with Gasteiger partial charge in [-0.1, -0.05) is 107 Å². The summed E-state index contributed by atoms with van der Waals surface area (Å²) >= 11 is 0. The molecule has 2 bridgehead atoms. The second kappa shape index (κ2) is 15.1. The Morgan fingerprint density at radius 1 is 0.744 bits per heavy atom. The molecule has 2 fully saturated rings. The van der Waals surface area contributed by atoms with Crippen LogP contribution in [0.3, 0.4) is 0 Å². The first-order valence-electron chi connectivity index (χ1n) is 14.5. The largest absolute Gasteiger partial charge is 0.459 e. The molecule has 0 aromatic heterocycles. The van der Waals surface area contributed by atoms with Crippen molar-refractivity contribution in [3.63, 3.8) is 0 Å². The summed E-state index contributed by atoms with van der Waals surface area (Å²) in [5.74, 6) is -0.346. The lowest BCUT2D eigenvalue weighted by Gasteiger charge is -2.38. The molecule has 0 spiro atoms. The number of hydrogen-bond acceptors (Lipinski definition) is 6. The van der Waals surface area contributed by atoms with Crippen LogP contribution in [0, 0.1) is 16.7 Å². The van der Waals surface area contributed by atoms with Crippen LogP contribution in [0.25, 0.3) is 10.8 Å². The van der Waals surface area contributed by atoms with Gasteiger partial charge in [0.1, 0.15) is 19.3 Å². The minimum Gasteiger partial charge on any atom is -0.459 e. The molecule has 0 aliphatic heterocycles. The van der Waals surface area contributed by atoms with E-state index in [9.17, 15) is 14.4 Å². The topological polar surface area (TPSA) is 78.9 Å². The lowest BCUT2D eigenvalue weighted by molar-refractivity contribution is -0.150. The van der Waals surface area contributed by atoms with E-state index < -0.39 is 5.97 Å². The van der Waals surface area contributed by atoms with Crippen LogP contribution < -0.4 is 0 Å². The van der Waals surface area contributed by atoms with Crippen molar-refractivity contribution in [3.8, 4) is 0 Å². The highest BCUT2D eigenvalue weighted by Gasteiger charge is 2.62. The molecule has 6 heteroatoms. The fourth-order valence-electron chi connectivity index (χ4n) is 5.83. The molecule has 5 rings (SSSR count). The molecule has 0 radical (unpaired) electrons. The van der Waals surface area contributed by atoms with Gasteiger partial charge in [0.05, 0.1) is 0 Å². The van der Waals surface area contributed by atoms with Crippen LogP contribution in [0.5, 0.6) is 0 Å². The molecule has 0 saturated heterocycles. The third-order valence-electron chi connectivity index (χ3n) is 8.89. The summed E-state index contributed by atoms with van der Waals surface area (Å²) in [7, 11) is 0. The van der Waals surface area contributed by atoms with Gasteiger partial charge < -0.3 is 14.2 Å². The Hall–Kier alpha value is -4.45. The molecule has 0 amide bonds. The predicted molar refractivity (Wildman–Crippen MR) is 170 cm³/mol. The lowest BCUT2D eigenvalue weighted by Crippen LogP contribution is -2.38. The predicted octanol–water partition coefficient (Wildman–Crippen LogP) is 7.92. The number of hydrogen-bond donors (Lipinski definition) is 0. The average molecular weight is 583 g/mol. The molecule has 3 aromatic carbocycles. The molecule has 3 atom stereocenters. The van der Waals surface area contributed by atoms with Gasteiger partial charge in [0.25, 0.3) is 0 Å². The second-order valence-corrected chi connectivity index (χ2v) is 11.5. The first-order valence-corrected chi connectivity index (χ1v) is 14.5. The van der Waals surface area contributed by atoms with Crippen molar-refractivity contribution in [3.05, 3.63) is 122 Å². The maximum atomic E-state index is 11.3. The number of ether oxygens (including phenoxy) is 3. The van der Waals surface area contributed by atoms with Gasteiger partial charge in [0.15, 0.2) is 0 Å². The van der Waals surface area contributed by atoms with E-state index >= 15 is 0 Å². The van der Waals surface area contributed by atoms with Gasteiger partial charge in [-0.2, -0.15) is 0 Å². The van der Waals surface area contributed by atoms with E-state index in [1.54, 1.807) is 0 Å². The third kappa shape index (κ3) is 8.54. The van der Waals surface area contributed by atoms with Crippen molar-refractivity contribution in [1.82, 2.24) is 0 Å². The van der Waals surface area contributed by atoms with Crippen molar-refractivity contribution in [2.75, 3.05) is 0 Å². The third-order valence-corrected chi connectivity index (χ3v) is 8.89. The zero-order valence-electron chi connectivity index (χ0n) is 25.4. The Balaban J connectivity index is 0.000000179. The first kappa shape index (κ1) is 33.1. The second-order valence-electron chi connectivity index (χ2n) is 11.5. The molecule has 2 aliphatic carbocycles. The van der Waals surface area contributed by atoms with E-state index in [-0.39, 0.29) is 30.1 Å². The molecule has 3 unspecified atom stereocenters.